The molecular formula is C14H15FN4O3S. The van der Waals surface area contributed by atoms with Gasteiger partial charge in [0.1, 0.15) is 5.01 Å². The summed E-state index contributed by atoms with van der Waals surface area (Å²) in [6.07, 6.45) is 2.48. The van der Waals surface area contributed by atoms with Crippen LogP contribution in [-0.4, -0.2) is 45.6 Å². The van der Waals surface area contributed by atoms with Gasteiger partial charge in [-0.2, -0.15) is 5.10 Å². The average molecular weight is 338 g/mol. The number of aromatic nitrogens is 3. The van der Waals surface area contributed by atoms with E-state index in [1.807, 2.05) is 0 Å². The summed E-state index contributed by atoms with van der Waals surface area (Å²) in [5.74, 6) is -1.62. The molecule has 0 spiro atoms. The molecule has 1 atom stereocenters. The van der Waals surface area contributed by atoms with Gasteiger partial charge < -0.3 is 9.64 Å². The van der Waals surface area contributed by atoms with Crippen molar-refractivity contribution in [2.45, 2.75) is 25.8 Å². The SMILES string of the molecule is COC(=O)c1nc(C2CCCN2C(=O)c2[nH]ncc2F)sc1C. The summed E-state index contributed by atoms with van der Waals surface area (Å²) in [5, 5.41) is 6.59. The Morgan fingerprint density at radius 2 is 2.30 bits per heavy atom. The van der Waals surface area contributed by atoms with Gasteiger partial charge in [-0.05, 0) is 19.8 Å². The van der Waals surface area contributed by atoms with Gasteiger partial charge in [0.2, 0.25) is 0 Å². The maximum Gasteiger partial charge on any atom is 0.357 e. The van der Waals surface area contributed by atoms with Crippen molar-refractivity contribution in [2.75, 3.05) is 13.7 Å². The molecule has 122 valence electrons. The molecule has 1 fully saturated rings. The highest BCUT2D eigenvalue weighted by atomic mass is 32.1. The highest BCUT2D eigenvalue weighted by molar-refractivity contribution is 7.12. The normalized spacial score (nSPS) is 17.5. The van der Waals surface area contributed by atoms with E-state index in [9.17, 15) is 14.0 Å². The van der Waals surface area contributed by atoms with Crippen LogP contribution < -0.4 is 0 Å². The Labute approximate surface area is 135 Å². The van der Waals surface area contributed by atoms with Crippen molar-refractivity contribution in [1.82, 2.24) is 20.1 Å². The first-order valence-corrected chi connectivity index (χ1v) is 7.90. The summed E-state index contributed by atoms with van der Waals surface area (Å²) in [7, 11) is 1.30. The standard InChI is InChI=1S/C14H15FN4O3S/c1-7-10(14(21)22-2)17-12(23-7)9-4-3-5-19(9)13(20)11-8(15)6-16-18-11/h6,9H,3-5H2,1-2H3,(H,16,18). The van der Waals surface area contributed by atoms with Crippen LogP contribution in [0.15, 0.2) is 6.20 Å². The number of nitrogens with zero attached hydrogens (tertiary/aromatic N) is 3. The number of halogens is 1. The van der Waals surface area contributed by atoms with E-state index in [1.54, 1.807) is 11.8 Å². The smallest absolute Gasteiger partial charge is 0.357 e. The van der Waals surface area contributed by atoms with E-state index >= 15 is 0 Å². The number of aryl methyl sites for hydroxylation is 1. The molecule has 2 aromatic heterocycles. The third kappa shape index (κ3) is 2.72. The third-order valence-electron chi connectivity index (χ3n) is 3.80. The summed E-state index contributed by atoms with van der Waals surface area (Å²) in [4.78, 5) is 30.8. The van der Waals surface area contributed by atoms with Gasteiger partial charge in [0.05, 0.1) is 19.3 Å². The first-order valence-electron chi connectivity index (χ1n) is 7.08. The van der Waals surface area contributed by atoms with Gasteiger partial charge in [-0.25, -0.2) is 14.2 Å². The van der Waals surface area contributed by atoms with Gasteiger partial charge in [-0.15, -0.1) is 11.3 Å². The molecule has 0 aromatic carbocycles. The lowest BCUT2D eigenvalue weighted by molar-refractivity contribution is 0.0593. The van der Waals surface area contributed by atoms with Crippen molar-refractivity contribution >= 4 is 23.2 Å². The van der Waals surface area contributed by atoms with Gasteiger partial charge >= 0.3 is 5.97 Å². The fourth-order valence-electron chi connectivity index (χ4n) is 2.68. The molecule has 0 radical (unpaired) electrons. The molecular weight excluding hydrogens is 323 g/mol. The van der Waals surface area contributed by atoms with Crippen LogP contribution in [0.3, 0.4) is 0 Å². The first-order chi connectivity index (χ1) is 11.0. The van der Waals surface area contributed by atoms with Crippen LogP contribution >= 0.6 is 11.3 Å². The van der Waals surface area contributed by atoms with E-state index in [1.165, 1.54) is 18.4 Å². The second-order valence-corrected chi connectivity index (χ2v) is 6.43. The molecule has 1 unspecified atom stereocenters. The lowest BCUT2D eigenvalue weighted by Crippen LogP contribution is -2.31. The molecule has 7 nitrogen and oxygen atoms in total. The zero-order chi connectivity index (χ0) is 16.6. The van der Waals surface area contributed by atoms with E-state index < -0.39 is 17.7 Å². The summed E-state index contributed by atoms with van der Waals surface area (Å²) in [6.45, 7) is 2.29. The topological polar surface area (TPSA) is 88.2 Å². The monoisotopic (exact) mass is 338 g/mol. The number of methoxy groups -OCH3 is 1. The van der Waals surface area contributed by atoms with Gasteiger partial charge in [-0.3, -0.25) is 9.89 Å². The van der Waals surface area contributed by atoms with E-state index in [0.717, 1.165) is 23.9 Å². The van der Waals surface area contributed by atoms with Gasteiger partial charge in [-0.1, -0.05) is 0 Å². The van der Waals surface area contributed by atoms with Crippen LogP contribution in [-0.2, 0) is 4.74 Å². The minimum absolute atomic E-state index is 0.154. The molecule has 2 aromatic rings. The second-order valence-electron chi connectivity index (χ2n) is 5.20. The third-order valence-corrected chi connectivity index (χ3v) is 4.87. The number of aromatic amines is 1. The number of rotatable bonds is 3. The molecule has 9 heteroatoms. The van der Waals surface area contributed by atoms with E-state index in [4.69, 9.17) is 4.74 Å². The fraction of sp³-hybridized carbons (Fsp3) is 0.429. The summed E-state index contributed by atoms with van der Waals surface area (Å²) < 4.78 is 18.3. The van der Waals surface area contributed by atoms with Crippen LogP contribution in [0.4, 0.5) is 4.39 Å². The summed E-state index contributed by atoms with van der Waals surface area (Å²) in [6, 6.07) is -0.271. The molecule has 1 N–H and O–H groups in total. The van der Waals surface area contributed by atoms with Crippen LogP contribution in [0.2, 0.25) is 0 Å². The second kappa shape index (κ2) is 6.07. The van der Waals surface area contributed by atoms with Crippen molar-refractivity contribution in [3.8, 4) is 0 Å². The Bertz CT molecular complexity index is 757. The number of likely N-dealkylation sites (tertiary alicyclic amines) is 1. The van der Waals surface area contributed by atoms with Crippen LogP contribution in [0.1, 0.15) is 49.7 Å². The average Bonchev–Trinajstić information content (AvgIpc) is 3.24. The van der Waals surface area contributed by atoms with Gasteiger partial charge in [0, 0.05) is 11.4 Å². The number of amides is 1. The Morgan fingerprint density at radius 3 is 2.96 bits per heavy atom. The predicted molar refractivity (Wildman–Crippen MR) is 79.7 cm³/mol. The Balaban J connectivity index is 1.89. The Kier molecular flexibility index (Phi) is 4.12. The molecule has 1 saturated heterocycles. The number of ether oxygens (including phenoxy) is 1. The van der Waals surface area contributed by atoms with Crippen LogP contribution in [0.5, 0.6) is 0 Å². The summed E-state index contributed by atoms with van der Waals surface area (Å²) >= 11 is 1.35. The number of nitrogens with one attached hydrogen (secondary N) is 1. The molecule has 1 amide bonds. The fourth-order valence-corrected chi connectivity index (χ4v) is 3.73. The quantitative estimate of drug-likeness (QED) is 0.866. The summed E-state index contributed by atoms with van der Waals surface area (Å²) in [5.41, 5.74) is 0.109. The predicted octanol–water partition coefficient (Wildman–Crippen LogP) is 2.08. The zero-order valence-electron chi connectivity index (χ0n) is 12.6. The van der Waals surface area contributed by atoms with Crippen LogP contribution in [0.25, 0.3) is 0 Å². The number of thiazole rings is 1. The number of carbonyl (C=O) groups excluding carboxylic acids is 2. The van der Waals surface area contributed by atoms with Crippen LogP contribution in [0, 0.1) is 12.7 Å². The lowest BCUT2D eigenvalue weighted by Gasteiger charge is -2.22. The molecule has 0 saturated carbocycles. The number of carbonyl (C=O) groups is 2. The minimum Gasteiger partial charge on any atom is -0.464 e. The van der Waals surface area contributed by atoms with E-state index in [0.29, 0.717) is 11.6 Å². The van der Waals surface area contributed by atoms with Crippen molar-refractivity contribution in [3.63, 3.8) is 0 Å². The number of esters is 1. The van der Waals surface area contributed by atoms with Gasteiger partial charge in [0.25, 0.3) is 5.91 Å². The maximum atomic E-state index is 13.6. The molecule has 0 aliphatic carbocycles. The molecule has 3 rings (SSSR count). The minimum atomic E-state index is -0.675. The molecule has 1 aliphatic rings. The number of hydrogen-bond acceptors (Lipinski definition) is 6. The molecule has 3 heterocycles. The highest BCUT2D eigenvalue weighted by Gasteiger charge is 2.35. The molecule has 23 heavy (non-hydrogen) atoms. The zero-order valence-corrected chi connectivity index (χ0v) is 13.4. The Morgan fingerprint density at radius 1 is 1.52 bits per heavy atom. The lowest BCUT2D eigenvalue weighted by atomic mass is 10.2. The Hall–Kier alpha value is -2.29. The van der Waals surface area contributed by atoms with Crippen molar-refractivity contribution in [3.05, 3.63) is 33.3 Å². The molecule has 1 aliphatic heterocycles. The number of hydrogen-bond donors (Lipinski definition) is 1. The molecule has 0 bridgehead atoms. The largest absolute Gasteiger partial charge is 0.464 e. The van der Waals surface area contributed by atoms with Gasteiger partial charge in [0.15, 0.2) is 17.2 Å². The van der Waals surface area contributed by atoms with Crippen molar-refractivity contribution in [1.29, 1.82) is 0 Å². The first kappa shape index (κ1) is 15.6. The van der Waals surface area contributed by atoms with E-state index in [2.05, 4.69) is 15.2 Å². The van der Waals surface area contributed by atoms with Crippen molar-refractivity contribution < 1.29 is 18.7 Å². The highest BCUT2D eigenvalue weighted by Crippen LogP contribution is 2.36. The number of H-pyrrole nitrogens is 1. The van der Waals surface area contributed by atoms with E-state index in [-0.39, 0.29) is 17.4 Å². The maximum absolute atomic E-state index is 13.6. The van der Waals surface area contributed by atoms with Crippen molar-refractivity contribution in [2.24, 2.45) is 0 Å².